The number of amidine groups is 2. The second-order valence-electron chi connectivity index (χ2n) is 10.3. The third-order valence-corrected chi connectivity index (χ3v) is 7.72. The number of fused-ring (bicyclic) bond motifs is 5. The maximum atomic E-state index is 6.62. The summed E-state index contributed by atoms with van der Waals surface area (Å²) in [6.07, 6.45) is -0.388. The standard InChI is InChI=1S/C37H25N3O/c1-3-12-25(13-4-1)35-38-36(26-14-5-2-6-15-26)40-37(39-35)28-17-9-16-27(23-28)30-19-10-20-31-32-22-21-24-11-7-8-18-29(24)33(32)41-34(30)31/h1-23,37H,(H,38,39,40). The zero-order chi connectivity index (χ0) is 27.2. The molecule has 1 aliphatic rings. The van der Waals surface area contributed by atoms with Crippen molar-refractivity contribution in [1.82, 2.24) is 5.32 Å². The lowest BCUT2D eigenvalue weighted by atomic mass is 9.99. The predicted molar refractivity (Wildman–Crippen MR) is 168 cm³/mol. The average Bonchev–Trinajstić information content (AvgIpc) is 3.45. The molecule has 0 radical (unpaired) electrons. The number of benzene rings is 6. The second kappa shape index (κ2) is 9.61. The van der Waals surface area contributed by atoms with E-state index in [9.17, 15) is 0 Å². The third kappa shape index (κ3) is 4.09. The van der Waals surface area contributed by atoms with Crippen molar-refractivity contribution >= 4 is 44.4 Å². The van der Waals surface area contributed by atoms with Gasteiger partial charge in [0.15, 0.2) is 6.17 Å². The van der Waals surface area contributed by atoms with Crippen molar-refractivity contribution in [3.05, 3.63) is 156 Å². The van der Waals surface area contributed by atoms with Crippen LogP contribution in [-0.4, -0.2) is 11.7 Å². The van der Waals surface area contributed by atoms with Crippen LogP contribution in [0.3, 0.4) is 0 Å². The summed E-state index contributed by atoms with van der Waals surface area (Å²) in [4.78, 5) is 10.1. The van der Waals surface area contributed by atoms with Crippen LogP contribution < -0.4 is 5.32 Å². The molecule has 4 heteroatoms. The molecule has 0 unspecified atom stereocenters. The summed E-state index contributed by atoms with van der Waals surface area (Å²) in [7, 11) is 0. The highest BCUT2D eigenvalue weighted by atomic mass is 16.3. The topological polar surface area (TPSA) is 49.9 Å². The molecule has 0 spiro atoms. The molecule has 0 fully saturated rings. The summed E-state index contributed by atoms with van der Waals surface area (Å²) in [6.45, 7) is 0. The maximum Gasteiger partial charge on any atom is 0.169 e. The first-order valence-corrected chi connectivity index (χ1v) is 13.8. The summed E-state index contributed by atoms with van der Waals surface area (Å²) in [5.41, 5.74) is 7.01. The van der Waals surface area contributed by atoms with Gasteiger partial charge in [0.2, 0.25) is 0 Å². The molecule has 1 N–H and O–H groups in total. The quantitative estimate of drug-likeness (QED) is 0.248. The number of nitrogens with zero attached hydrogens (tertiary/aromatic N) is 2. The molecule has 1 aromatic heterocycles. The Morgan fingerprint density at radius 2 is 1.10 bits per heavy atom. The number of hydrogen-bond donors (Lipinski definition) is 1. The third-order valence-electron chi connectivity index (χ3n) is 7.72. The van der Waals surface area contributed by atoms with E-state index in [2.05, 4.69) is 108 Å². The fourth-order valence-electron chi connectivity index (χ4n) is 5.70. The Morgan fingerprint density at radius 1 is 0.488 bits per heavy atom. The molecule has 1 aliphatic heterocycles. The van der Waals surface area contributed by atoms with E-state index in [1.807, 2.05) is 36.4 Å². The van der Waals surface area contributed by atoms with Gasteiger partial charge in [-0.3, -0.25) is 0 Å². The molecule has 4 nitrogen and oxygen atoms in total. The molecule has 0 bridgehead atoms. The minimum Gasteiger partial charge on any atom is -0.455 e. The highest BCUT2D eigenvalue weighted by Crippen LogP contribution is 2.39. The number of para-hydroxylation sites is 1. The van der Waals surface area contributed by atoms with Crippen LogP contribution in [0.15, 0.2) is 154 Å². The van der Waals surface area contributed by atoms with Gasteiger partial charge in [0.1, 0.15) is 22.8 Å². The van der Waals surface area contributed by atoms with Crippen molar-refractivity contribution in [3.8, 4) is 11.1 Å². The maximum absolute atomic E-state index is 6.62. The van der Waals surface area contributed by atoms with Crippen molar-refractivity contribution in [2.24, 2.45) is 9.98 Å². The van der Waals surface area contributed by atoms with Crippen LogP contribution in [-0.2, 0) is 0 Å². The van der Waals surface area contributed by atoms with E-state index in [1.54, 1.807) is 0 Å². The van der Waals surface area contributed by atoms with Crippen molar-refractivity contribution < 1.29 is 4.42 Å². The number of rotatable bonds is 4. The van der Waals surface area contributed by atoms with Gasteiger partial charge in [0, 0.05) is 32.8 Å². The number of nitrogens with one attached hydrogen (secondary N) is 1. The van der Waals surface area contributed by atoms with Gasteiger partial charge in [0.25, 0.3) is 0 Å². The van der Waals surface area contributed by atoms with E-state index < -0.39 is 0 Å². The zero-order valence-corrected chi connectivity index (χ0v) is 22.2. The molecule has 2 heterocycles. The highest BCUT2D eigenvalue weighted by molar-refractivity contribution is 6.17. The Morgan fingerprint density at radius 3 is 1.85 bits per heavy atom. The van der Waals surface area contributed by atoms with Gasteiger partial charge in [0.05, 0.1) is 0 Å². The van der Waals surface area contributed by atoms with Crippen molar-refractivity contribution in [1.29, 1.82) is 0 Å². The first kappa shape index (κ1) is 23.4. The van der Waals surface area contributed by atoms with Crippen LogP contribution in [0.25, 0.3) is 43.8 Å². The van der Waals surface area contributed by atoms with E-state index >= 15 is 0 Å². The Labute approximate surface area is 237 Å². The van der Waals surface area contributed by atoms with Crippen LogP contribution >= 0.6 is 0 Å². The van der Waals surface area contributed by atoms with Gasteiger partial charge in [-0.25, -0.2) is 9.98 Å². The summed E-state index contributed by atoms with van der Waals surface area (Å²) in [6, 6.07) is 48.0. The van der Waals surface area contributed by atoms with E-state index in [0.717, 1.165) is 66.8 Å². The monoisotopic (exact) mass is 527 g/mol. The van der Waals surface area contributed by atoms with Crippen LogP contribution in [0.2, 0.25) is 0 Å². The van der Waals surface area contributed by atoms with Crippen molar-refractivity contribution in [3.63, 3.8) is 0 Å². The molecule has 0 saturated heterocycles. The molecular formula is C37H25N3O. The van der Waals surface area contributed by atoms with Crippen LogP contribution in [0.1, 0.15) is 22.9 Å². The minimum absolute atomic E-state index is 0.388. The average molecular weight is 528 g/mol. The summed E-state index contributed by atoms with van der Waals surface area (Å²) in [5, 5.41) is 8.01. The SMILES string of the molecule is c1ccc(C2=NC(c3cccc(-c4cccc5c4oc4c6ccccc6ccc54)c3)N=C(c3ccccc3)N2)cc1. The Bertz CT molecular complexity index is 2070. The fraction of sp³-hybridized carbons (Fsp3) is 0.0270. The summed E-state index contributed by atoms with van der Waals surface area (Å²) < 4.78 is 6.62. The highest BCUT2D eigenvalue weighted by Gasteiger charge is 2.21. The summed E-state index contributed by atoms with van der Waals surface area (Å²) in [5.74, 6) is 1.61. The van der Waals surface area contributed by atoms with Gasteiger partial charge in [-0.1, -0.05) is 127 Å². The number of hydrogen-bond acceptors (Lipinski definition) is 4. The first-order valence-electron chi connectivity index (χ1n) is 13.8. The van der Waals surface area contributed by atoms with Crippen molar-refractivity contribution in [2.75, 3.05) is 0 Å². The van der Waals surface area contributed by atoms with Crippen LogP contribution in [0, 0.1) is 0 Å². The lowest BCUT2D eigenvalue weighted by Crippen LogP contribution is -2.35. The first-order chi connectivity index (χ1) is 20.3. The van der Waals surface area contributed by atoms with Gasteiger partial charge in [-0.2, -0.15) is 0 Å². The Balaban J connectivity index is 1.27. The molecule has 6 aromatic carbocycles. The lowest BCUT2D eigenvalue weighted by molar-refractivity contribution is 0.673. The largest absolute Gasteiger partial charge is 0.455 e. The smallest absolute Gasteiger partial charge is 0.169 e. The second-order valence-corrected chi connectivity index (χ2v) is 10.3. The normalized spacial score (nSPS) is 13.8. The molecule has 0 saturated carbocycles. The van der Waals surface area contributed by atoms with Gasteiger partial charge in [-0.15, -0.1) is 0 Å². The Hall–Kier alpha value is -5.48. The molecule has 7 aromatic rings. The molecule has 0 atom stereocenters. The molecule has 194 valence electrons. The van der Waals surface area contributed by atoms with Crippen molar-refractivity contribution in [2.45, 2.75) is 6.17 Å². The van der Waals surface area contributed by atoms with E-state index in [4.69, 9.17) is 14.4 Å². The molecule has 0 aliphatic carbocycles. The molecule has 0 amide bonds. The zero-order valence-electron chi connectivity index (χ0n) is 22.2. The molecular weight excluding hydrogens is 502 g/mol. The fourth-order valence-corrected chi connectivity index (χ4v) is 5.70. The van der Waals surface area contributed by atoms with Gasteiger partial charge in [-0.05, 0) is 28.6 Å². The minimum atomic E-state index is -0.388. The summed E-state index contributed by atoms with van der Waals surface area (Å²) >= 11 is 0. The van der Waals surface area contributed by atoms with E-state index in [1.165, 1.54) is 5.39 Å². The Kier molecular flexibility index (Phi) is 5.49. The predicted octanol–water partition coefficient (Wildman–Crippen LogP) is 8.90. The van der Waals surface area contributed by atoms with E-state index in [-0.39, 0.29) is 6.17 Å². The number of furan rings is 1. The van der Waals surface area contributed by atoms with Crippen LogP contribution in [0.5, 0.6) is 0 Å². The van der Waals surface area contributed by atoms with E-state index in [0.29, 0.717) is 0 Å². The van der Waals surface area contributed by atoms with Crippen LogP contribution in [0.4, 0.5) is 0 Å². The van der Waals surface area contributed by atoms with Gasteiger partial charge >= 0.3 is 0 Å². The number of aliphatic imine (C=N–C) groups is 2. The molecule has 8 rings (SSSR count). The van der Waals surface area contributed by atoms with Gasteiger partial charge < -0.3 is 9.73 Å². The molecule has 41 heavy (non-hydrogen) atoms. The lowest BCUT2D eigenvalue weighted by Gasteiger charge is -2.22.